The van der Waals surface area contributed by atoms with Crippen LogP contribution in [0.5, 0.6) is 0 Å². The van der Waals surface area contributed by atoms with Crippen molar-refractivity contribution in [3.63, 3.8) is 0 Å². The van der Waals surface area contributed by atoms with Crippen LogP contribution in [0.15, 0.2) is 0 Å². The maximum absolute atomic E-state index is 13.0. The molecule has 0 aliphatic carbocycles. The summed E-state index contributed by atoms with van der Waals surface area (Å²) >= 11 is 0. The fraction of sp³-hybridized carbons (Fsp3) is 0.938. The van der Waals surface area contributed by atoms with Gasteiger partial charge >= 0.3 is 39.5 Å². The van der Waals surface area contributed by atoms with Crippen LogP contribution in [0.2, 0.25) is 0 Å². The highest BCUT2D eigenvalue weighted by Gasteiger charge is 2.30. The van der Waals surface area contributed by atoms with Crippen LogP contribution in [0.25, 0.3) is 0 Å². The molecule has 0 heterocycles. The van der Waals surface area contributed by atoms with Crippen molar-refractivity contribution in [2.24, 2.45) is 5.92 Å². The maximum atomic E-state index is 13.0. The first kappa shape index (κ1) is 82.1. The van der Waals surface area contributed by atoms with Crippen LogP contribution in [0.4, 0.5) is 0 Å². The van der Waals surface area contributed by atoms with E-state index in [4.69, 9.17) is 37.0 Å². The van der Waals surface area contributed by atoms with Gasteiger partial charge in [0.05, 0.1) is 26.4 Å². The molecular weight excluding hydrogens is 1110 g/mol. The molecule has 19 heteroatoms. The summed E-state index contributed by atoms with van der Waals surface area (Å²) in [7, 11) is -9.88. The first-order chi connectivity index (χ1) is 40.5. The van der Waals surface area contributed by atoms with Gasteiger partial charge in [-0.3, -0.25) is 37.3 Å². The van der Waals surface area contributed by atoms with Gasteiger partial charge in [-0.05, 0) is 31.6 Å². The standard InChI is InChI=1S/C65H126O17P2/c1-6-9-12-15-17-19-20-21-22-23-24-25-26-27-32-36-41-46-51-65(70)82-61(55-76-63(68)49-44-39-35-31-29-28-30-33-38-42-47-58(4)5)57-80-84(73,74)78-53-59(66)52-77-83(71,72)79-56-60(54-75-62(67)48-43-37-14-11-8-3)81-64(69)50-45-40-34-18-16-13-10-7-2/h58-61,66H,6-57H2,1-5H3,(H,71,72)(H,73,74)/t59-,60+,61+/m0/s1. The van der Waals surface area contributed by atoms with Gasteiger partial charge in [0.25, 0.3) is 0 Å². The molecule has 0 radical (unpaired) electrons. The largest absolute Gasteiger partial charge is 0.472 e. The first-order valence-electron chi connectivity index (χ1n) is 34.1. The second-order valence-corrected chi connectivity index (χ2v) is 26.9. The van der Waals surface area contributed by atoms with Gasteiger partial charge in [0, 0.05) is 25.7 Å². The summed E-state index contributed by atoms with van der Waals surface area (Å²) in [5, 5.41) is 10.5. The van der Waals surface area contributed by atoms with Crippen molar-refractivity contribution in [3.8, 4) is 0 Å². The SMILES string of the molecule is CCCCCCCCCCCCCCCCCCCCC(=O)O[C@H](COC(=O)CCCCCCCCCCCCC(C)C)COP(=O)(O)OC[C@@H](O)COP(=O)(O)OC[C@@H](COC(=O)CCCCCCC)OC(=O)CCCCCCCCCC. The molecule has 0 aliphatic heterocycles. The maximum Gasteiger partial charge on any atom is 0.472 e. The molecule has 2 unspecified atom stereocenters. The summed E-state index contributed by atoms with van der Waals surface area (Å²) in [5.41, 5.74) is 0. The second-order valence-electron chi connectivity index (χ2n) is 24.0. The van der Waals surface area contributed by atoms with Crippen molar-refractivity contribution in [2.45, 2.75) is 348 Å². The van der Waals surface area contributed by atoms with Crippen LogP contribution in [0, 0.1) is 5.92 Å². The molecule has 3 N–H and O–H groups in total. The van der Waals surface area contributed by atoms with E-state index in [0.717, 1.165) is 109 Å². The molecule has 0 aromatic rings. The molecule has 0 aromatic heterocycles. The number of carbonyl (C=O) groups is 4. The zero-order valence-electron chi connectivity index (χ0n) is 54.0. The number of ether oxygens (including phenoxy) is 4. The number of hydrogen-bond donors (Lipinski definition) is 3. The molecule has 0 rings (SSSR count). The predicted octanol–water partition coefficient (Wildman–Crippen LogP) is 18.2. The molecule has 0 aliphatic rings. The van der Waals surface area contributed by atoms with Crippen molar-refractivity contribution in [3.05, 3.63) is 0 Å². The highest BCUT2D eigenvalue weighted by molar-refractivity contribution is 7.47. The number of phosphoric acid groups is 2. The summed E-state index contributed by atoms with van der Waals surface area (Å²) in [6, 6.07) is 0. The van der Waals surface area contributed by atoms with E-state index in [1.54, 1.807) is 0 Å². The zero-order chi connectivity index (χ0) is 62.0. The van der Waals surface area contributed by atoms with Crippen LogP contribution in [0.1, 0.15) is 330 Å². The lowest BCUT2D eigenvalue weighted by atomic mass is 10.0. The number of rotatable bonds is 65. The van der Waals surface area contributed by atoms with Crippen molar-refractivity contribution < 1.29 is 80.2 Å². The molecular formula is C65H126O17P2. The molecule has 0 fully saturated rings. The van der Waals surface area contributed by atoms with Crippen LogP contribution < -0.4 is 0 Å². The average Bonchev–Trinajstić information content (AvgIpc) is 3.59. The summed E-state index contributed by atoms with van der Waals surface area (Å²) in [6.45, 7) is 7.08. The van der Waals surface area contributed by atoms with Gasteiger partial charge in [0.1, 0.15) is 19.3 Å². The Hall–Kier alpha value is -1.94. The topological polar surface area (TPSA) is 237 Å². The highest BCUT2D eigenvalue weighted by atomic mass is 31.2. The van der Waals surface area contributed by atoms with E-state index >= 15 is 0 Å². The lowest BCUT2D eigenvalue weighted by Gasteiger charge is -2.21. The van der Waals surface area contributed by atoms with Gasteiger partial charge in [-0.2, -0.15) is 0 Å². The molecule has 5 atom stereocenters. The lowest BCUT2D eigenvalue weighted by Crippen LogP contribution is -2.30. The number of unbranched alkanes of at least 4 members (excludes halogenated alkanes) is 37. The first-order valence-corrected chi connectivity index (χ1v) is 37.1. The Morgan fingerprint density at radius 1 is 0.321 bits per heavy atom. The van der Waals surface area contributed by atoms with Crippen molar-refractivity contribution in [2.75, 3.05) is 39.6 Å². The Bertz CT molecular complexity index is 1640. The molecule has 0 spiro atoms. The Morgan fingerprint density at radius 3 is 0.810 bits per heavy atom. The fourth-order valence-corrected chi connectivity index (χ4v) is 11.3. The Kier molecular flexibility index (Phi) is 57.4. The van der Waals surface area contributed by atoms with Gasteiger partial charge in [0.2, 0.25) is 0 Å². The normalized spacial score (nSPS) is 14.2. The Balaban J connectivity index is 5.13. The highest BCUT2D eigenvalue weighted by Crippen LogP contribution is 2.45. The summed E-state index contributed by atoms with van der Waals surface area (Å²) in [4.78, 5) is 71.9. The Morgan fingerprint density at radius 2 is 0.548 bits per heavy atom. The summed E-state index contributed by atoms with van der Waals surface area (Å²) in [6.07, 6.45) is 43.6. The van der Waals surface area contributed by atoms with E-state index in [2.05, 4.69) is 34.6 Å². The van der Waals surface area contributed by atoms with E-state index in [-0.39, 0.29) is 25.7 Å². The van der Waals surface area contributed by atoms with Gasteiger partial charge in [-0.15, -0.1) is 0 Å². The molecule has 0 saturated heterocycles. The van der Waals surface area contributed by atoms with E-state index in [1.807, 2.05) is 0 Å². The molecule has 0 amide bonds. The van der Waals surface area contributed by atoms with Crippen LogP contribution in [0.3, 0.4) is 0 Å². The third kappa shape index (κ3) is 59.0. The fourth-order valence-electron chi connectivity index (χ4n) is 9.76. The van der Waals surface area contributed by atoms with Crippen molar-refractivity contribution in [1.29, 1.82) is 0 Å². The number of esters is 4. The number of phosphoric ester groups is 2. The van der Waals surface area contributed by atoms with Gasteiger partial charge in [0.15, 0.2) is 12.2 Å². The summed E-state index contributed by atoms with van der Waals surface area (Å²) < 4.78 is 67.8. The van der Waals surface area contributed by atoms with Crippen LogP contribution >= 0.6 is 15.6 Å². The number of aliphatic hydroxyl groups excluding tert-OH is 1. The van der Waals surface area contributed by atoms with Crippen molar-refractivity contribution >= 4 is 39.5 Å². The van der Waals surface area contributed by atoms with E-state index < -0.39 is 97.5 Å². The quantitative estimate of drug-likeness (QED) is 0.0222. The summed E-state index contributed by atoms with van der Waals surface area (Å²) in [5.74, 6) is -1.39. The molecule has 0 saturated carbocycles. The monoisotopic (exact) mass is 1240 g/mol. The third-order valence-corrected chi connectivity index (χ3v) is 16.9. The van der Waals surface area contributed by atoms with E-state index in [0.29, 0.717) is 25.7 Å². The lowest BCUT2D eigenvalue weighted by molar-refractivity contribution is -0.161. The van der Waals surface area contributed by atoms with E-state index in [9.17, 15) is 43.2 Å². The predicted molar refractivity (Wildman–Crippen MR) is 335 cm³/mol. The molecule has 0 bridgehead atoms. The van der Waals surface area contributed by atoms with Crippen molar-refractivity contribution in [1.82, 2.24) is 0 Å². The minimum atomic E-state index is -4.94. The minimum absolute atomic E-state index is 0.104. The second kappa shape index (κ2) is 58.7. The van der Waals surface area contributed by atoms with E-state index in [1.165, 1.54) is 141 Å². The van der Waals surface area contributed by atoms with Gasteiger partial charge < -0.3 is 33.8 Å². The number of aliphatic hydroxyl groups is 1. The zero-order valence-corrected chi connectivity index (χ0v) is 55.8. The molecule has 0 aromatic carbocycles. The molecule has 17 nitrogen and oxygen atoms in total. The smallest absolute Gasteiger partial charge is 0.462 e. The van der Waals surface area contributed by atoms with Crippen LogP contribution in [-0.4, -0.2) is 96.7 Å². The average molecular weight is 1240 g/mol. The minimum Gasteiger partial charge on any atom is -0.462 e. The Labute approximate surface area is 511 Å². The van der Waals surface area contributed by atoms with Crippen LogP contribution in [-0.2, 0) is 65.4 Å². The number of carbonyl (C=O) groups excluding carboxylic acids is 4. The van der Waals surface area contributed by atoms with Gasteiger partial charge in [-0.25, -0.2) is 9.13 Å². The number of hydrogen-bond acceptors (Lipinski definition) is 15. The third-order valence-electron chi connectivity index (χ3n) is 15.0. The van der Waals surface area contributed by atoms with Gasteiger partial charge in [-0.1, -0.05) is 279 Å². The molecule has 84 heavy (non-hydrogen) atoms. The molecule has 498 valence electrons.